The van der Waals surface area contributed by atoms with Gasteiger partial charge in [0.25, 0.3) is 0 Å². The predicted octanol–water partition coefficient (Wildman–Crippen LogP) is 3.21. The standard InChI is InChI=1S/C18H39N3/c1-8-18(9-2,14-19-17(3,4)5)15-21-12-10-11-16(13-21)20(6)7/h16,19H,8-15H2,1-7H3. The molecule has 1 N–H and O–H groups in total. The molecule has 1 heterocycles. The predicted molar refractivity (Wildman–Crippen MR) is 93.9 cm³/mol. The number of rotatable bonds is 7. The quantitative estimate of drug-likeness (QED) is 0.778. The van der Waals surface area contributed by atoms with Gasteiger partial charge in [-0.2, -0.15) is 0 Å². The molecule has 0 amide bonds. The van der Waals surface area contributed by atoms with Gasteiger partial charge in [0.2, 0.25) is 0 Å². The smallest absolute Gasteiger partial charge is 0.0217 e. The molecular formula is C18H39N3. The third-order valence-corrected chi connectivity index (χ3v) is 5.26. The van der Waals surface area contributed by atoms with Crippen LogP contribution in [0.4, 0.5) is 0 Å². The van der Waals surface area contributed by atoms with Crippen molar-refractivity contribution < 1.29 is 0 Å². The zero-order chi connectivity index (χ0) is 16.1. The Balaban J connectivity index is 2.64. The maximum Gasteiger partial charge on any atom is 0.0217 e. The van der Waals surface area contributed by atoms with Crippen LogP contribution in [-0.4, -0.2) is 61.7 Å². The second kappa shape index (κ2) is 7.94. The molecule has 0 bridgehead atoms. The summed E-state index contributed by atoms with van der Waals surface area (Å²) in [5, 5.41) is 3.75. The monoisotopic (exact) mass is 297 g/mol. The fraction of sp³-hybridized carbons (Fsp3) is 1.00. The van der Waals surface area contributed by atoms with Crippen LogP contribution in [0, 0.1) is 5.41 Å². The van der Waals surface area contributed by atoms with Gasteiger partial charge < -0.3 is 15.1 Å². The van der Waals surface area contributed by atoms with Crippen LogP contribution in [0.25, 0.3) is 0 Å². The molecule has 1 aliphatic heterocycles. The highest BCUT2D eigenvalue weighted by Crippen LogP contribution is 2.29. The van der Waals surface area contributed by atoms with Crippen molar-refractivity contribution in [2.24, 2.45) is 5.41 Å². The molecule has 0 spiro atoms. The van der Waals surface area contributed by atoms with Crippen LogP contribution >= 0.6 is 0 Å². The number of hydrogen-bond acceptors (Lipinski definition) is 3. The third-order valence-electron chi connectivity index (χ3n) is 5.26. The van der Waals surface area contributed by atoms with Crippen molar-refractivity contribution in [3.8, 4) is 0 Å². The maximum absolute atomic E-state index is 3.75. The van der Waals surface area contributed by atoms with Gasteiger partial charge in [-0.15, -0.1) is 0 Å². The van der Waals surface area contributed by atoms with Crippen molar-refractivity contribution in [2.45, 2.75) is 71.9 Å². The number of hydrogen-bond donors (Lipinski definition) is 1. The van der Waals surface area contributed by atoms with Crippen LogP contribution in [0.1, 0.15) is 60.3 Å². The first-order valence-electron chi connectivity index (χ1n) is 8.85. The van der Waals surface area contributed by atoms with Crippen LogP contribution < -0.4 is 5.32 Å². The summed E-state index contributed by atoms with van der Waals surface area (Å²) < 4.78 is 0. The summed E-state index contributed by atoms with van der Waals surface area (Å²) in [4.78, 5) is 5.12. The van der Waals surface area contributed by atoms with Crippen LogP contribution in [0.15, 0.2) is 0 Å². The van der Waals surface area contributed by atoms with Gasteiger partial charge in [-0.25, -0.2) is 0 Å². The first-order chi connectivity index (χ1) is 9.71. The Hall–Kier alpha value is -0.120. The molecule has 1 unspecified atom stereocenters. The molecule has 1 rings (SSSR count). The molecule has 0 aromatic carbocycles. The molecule has 0 aliphatic carbocycles. The lowest BCUT2D eigenvalue weighted by molar-refractivity contribution is 0.0744. The molecule has 1 atom stereocenters. The Morgan fingerprint density at radius 1 is 1.14 bits per heavy atom. The van der Waals surface area contributed by atoms with Crippen molar-refractivity contribution >= 4 is 0 Å². The van der Waals surface area contributed by atoms with E-state index in [9.17, 15) is 0 Å². The molecule has 0 aromatic heterocycles. The van der Waals surface area contributed by atoms with Crippen LogP contribution in [0.3, 0.4) is 0 Å². The Morgan fingerprint density at radius 2 is 1.76 bits per heavy atom. The lowest BCUT2D eigenvalue weighted by Crippen LogP contribution is -2.52. The minimum absolute atomic E-state index is 0.212. The summed E-state index contributed by atoms with van der Waals surface area (Å²) >= 11 is 0. The highest BCUT2D eigenvalue weighted by Gasteiger charge is 2.32. The number of nitrogens with zero attached hydrogens (tertiary/aromatic N) is 2. The Morgan fingerprint density at radius 3 is 2.24 bits per heavy atom. The SMILES string of the molecule is CCC(CC)(CNC(C)(C)C)CN1CCCC(N(C)C)C1. The summed E-state index contributed by atoms with van der Waals surface area (Å²) in [6.45, 7) is 16.4. The van der Waals surface area contributed by atoms with Gasteiger partial charge in [0.1, 0.15) is 0 Å². The fourth-order valence-electron chi connectivity index (χ4n) is 3.30. The van der Waals surface area contributed by atoms with E-state index >= 15 is 0 Å². The second-order valence-electron chi connectivity index (χ2n) is 8.31. The number of piperidine rings is 1. The molecule has 1 aliphatic rings. The van der Waals surface area contributed by atoms with Gasteiger partial charge in [0, 0.05) is 31.2 Å². The molecule has 0 saturated carbocycles. The third kappa shape index (κ3) is 6.25. The van der Waals surface area contributed by atoms with E-state index in [0.29, 0.717) is 5.41 Å². The van der Waals surface area contributed by atoms with Gasteiger partial charge in [-0.05, 0) is 72.5 Å². The van der Waals surface area contributed by atoms with Gasteiger partial charge >= 0.3 is 0 Å². The summed E-state index contributed by atoms with van der Waals surface area (Å²) in [5.41, 5.74) is 0.630. The first kappa shape index (κ1) is 18.9. The average Bonchev–Trinajstić information content (AvgIpc) is 2.43. The normalized spacial score (nSPS) is 22.0. The number of nitrogens with one attached hydrogen (secondary N) is 1. The Labute approximate surface area is 133 Å². The van der Waals surface area contributed by atoms with Crippen molar-refractivity contribution in [3.63, 3.8) is 0 Å². The van der Waals surface area contributed by atoms with Crippen molar-refractivity contribution in [1.82, 2.24) is 15.1 Å². The van der Waals surface area contributed by atoms with Crippen molar-refractivity contribution in [3.05, 3.63) is 0 Å². The average molecular weight is 298 g/mol. The Bertz CT molecular complexity index is 289. The van der Waals surface area contributed by atoms with Crippen molar-refractivity contribution in [1.29, 1.82) is 0 Å². The lowest BCUT2D eigenvalue weighted by Gasteiger charge is -2.43. The van der Waals surface area contributed by atoms with E-state index in [1.807, 2.05) is 0 Å². The number of likely N-dealkylation sites (tertiary alicyclic amines) is 1. The first-order valence-corrected chi connectivity index (χ1v) is 8.85. The highest BCUT2D eigenvalue weighted by atomic mass is 15.2. The molecule has 0 aromatic rings. The maximum atomic E-state index is 3.75. The lowest BCUT2D eigenvalue weighted by atomic mass is 9.80. The van der Waals surface area contributed by atoms with E-state index in [2.05, 4.69) is 63.8 Å². The highest BCUT2D eigenvalue weighted by molar-refractivity contribution is 4.88. The van der Waals surface area contributed by atoms with Gasteiger partial charge in [0.15, 0.2) is 0 Å². The molecule has 21 heavy (non-hydrogen) atoms. The van der Waals surface area contributed by atoms with Gasteiger partial charge in [-0.3, -0.25) is 0 Å². The number of likely N-dealkylation sites (N-methyl/N-ethyl adjacent to an activating group) is 1. The summed E-state index contributed by atoms with van der Waals surface area (Å²) in [6, 6.07) is 0.737. The van der Waals surface area contributed by atoms with Crippen LogP contribution in [-0.2, 0) is 0 Å². The van der Waals surface area contributed by atoms with Gasteiger partial charge in [-0.1, -0.05) is 13.8 Å². The van der Waals surface area contributed by atoms with E-state index in [1.54, 1.807) is 0 Å². The second-order valence-corrected chi connectivity index (χ2v) is 8.31. The van der Waals surface area contributed by atoms with Crippen molar-refractivity contribution in [2.75, 3.05) is 40.3 Å². The Kier molecular flexibility index (Phi) is 7.15. The fourth-order valence-corrected chi connectivity index (χ4v) is 3.30. The van der Waals surface area contributed by atoms with Crippen LogP contribution in [0.2, 0.25) is 0 Å². The topological polar surface area (TPSA) is 18.5 Å². The van der Waals surface area contributed by atoms with Gasteiger partial charge in [0.05, 0.1) is 0 Å². The summed E-state index contributed by atoms with van der Waals surface area (Å²) in [6.07, 6.45) is 5.22. The summed E-state index contributed by atoms with van der Waals surface area (Å²) in [7, 11) is 4.45. The zero-order valence-electron chi connectivity index (χ0n) is 15.6. The largest absolute Gasteiger partial charge is 0.311 e. The summed E-state index contributed by atoms with van der Waals surface area (Å²) in [5.74, 6) is 0. The van der Waals surface area contributed by atoms with Crippen LogP contribution in [0.5, 0.6) is 0 Å². The minimum atomic E-state index is 0.212. The molecule has 1 fully saturated rings. The molecule has 1 saturated heterocycles. The zero-order valence-corrected chi connectivity index (χ0v) is 15.6. The molecule has 3 nitrogen and oxygen atoms in total. The van der Waals surface area contributed by atoms with E-state index in [1.165, 1.54) is 45.3 Å². The molecule has 0 radical (unpaired) electrons. The van der Waals surface area contributed by atoms with E-state index in [-0.39, 0.29) is 5.54 Å². The molecule has 126 valence electrons. The molecular weight excluding hydrogens is 258 g/mol. The van der Waals surface area contributed by atoms with E-state index in [4.69, 9.17) is 0 Å². The molecule has 3 heteroatoms. The minimum Gasteiger partial charge on any atom is -0.311 e. The van der Waals surface area contributed by atoms with E-state index in [0.717, 1.165) is 12.6 Å². The van der Waals surface area contributed by atoms with E-state index < -0.39 is 0 Å².